The number of rotatable bonds is 3. The molecule has 0 aliphatic rings. The van der Waals surface area contributed by atoms with Crippen LogP contribution in [-0.4, -0.2) is 13.6 Å². The lowest BCUT2D eigenvalue weighted by atomic mass is 9.85. The van der Waals surface area contributed by atoms with Crippen LogP contribution in [0.4, 0.5) is 5.82 Å². The van der Waals surface area contributed by atoms with Crippen LogP contribution >= 0.6 is 0 Å². The molecule has 0 saturated carbocycles. The highest BCUT2D eigenvalue weighted by Crippen LogP contribution is 2.30. The number of aromatic nitrogens is 1. The van der Waals surface area contributed by atoms with Crippen molar-refractivity contribution in [2.45, 2.75) is 51.9 Å². The van der Waals surface area contributed by atoms with Gasteiger partial charge in [0, 0.05) is 6.07 Å². The van der Waals surface area contributed by atoms with Crippen molar-refractivity contribution in [2.75, 3.05) is 4.72 Å². The first-order valence-electron chi connectivity index (χ1n) is 7.08. The molecule has 120 valence electrons. The van der Waals surface area contributed by atoms with Crippen LogP contribution in [0.2, 0.25) is 0 Å². The molecule has 0 bridgehead atoms. The largest absolute Gasteiger partial charge is 0.360 e. The van der Waals surface area contributed by atoms with Gasteiger partial charge in [0.1, 0.15) is 5.76 Å². The van der Waals surface area contributed by atoms with Crippen LogP contribution in [0.3, 0.4) is 0 Å². The third-order valence-electron chi connectivity index (χ3n) is 3.46. The molecule has 0 aliphatic carbocycles. The Labute approximate surface area is 131 Å². The summed E-state index contributed by atoms with van der Waals surface area (Å²) < 4.78 is 32.6. The first-order valence-corrected chi connectivity index (χ1v) is 8.57. The summed E-state index contributed by atoms with van der Waals surface area (Å²) in [6.45, 7) is 11.6. The van der Waals surface area contributed by atoms with Crippen molar-refractivity contribution in [3.05, 3.63) is 40.6 Å². The number of aryl methyl sites for hydroxylation is 3. The molecular weight excluding hydrogens is 300 g/mol. The summed E-state index contributed by atoms with van der Waals surface area (Å²) >= 11 is 0. The molecule has 22 heavy (non-hydrogen) atoms. The second-order valence-electron chi connectivity index (χ2n) is 6.62. The zero-order valence-electron chi connectivity index (χ0n) is 13.8. The Balaban J connectivity index is 2.47. The number of benzene rings is 1. The summed E-state index contributed by atoms with van der Waals surface area (Å²) in [6.07, 6.45) is 0. The van der Waals surface area contributed by atoms with Crippen LogP contribution in [-0.2, 0) is 15.4 Å². The van der Waals surface area contributed by atoms with Gasteiger partial charge in [-0.25, -0.2) is 8.42 Å². The van der Waals surface area contributed by atoms with E-state index in [-0.39, 0.29) is 11.2 Å². The number of hydrogen-bond acceptors (Lipinski definition) is 4. The molecule has 0 radical (unpaired) electrons. The summed E-state index contributed by atoms with van der Waals surface area (Å²) in [4.78, 5) is 0.293. The molecule has 2 aromatic rings. The predicted octanol–water partition coefficient (Wildman–Crippen LogP) is 3.70. The van der Waals surface area contributed by atoms with Crippen LogP contribution < -0.4 is 4.72 Å². The summed E-state index contributed by atoms with van der Waals surface area (Å²) in [6, 6.07) is 5.40. The molecule has 0 saturated heterocycles. The van der Waals surface area contributed by atoms with E-state index in [4.69, 9.17) is 4.52 Å². The Morgan fingerprint density at radius 1 is 1.05 bits per heavy atom. The van der Waals surface area contributed by atoms with Gasteiger partial charge in [0.05, 0.1) is 4.90 Å². The number of sulfonamides is 1. The second-order valence-corrected chi connectivity index (χ2v) is 8.24. The molecule has 1 N–H and O–H groups in total. The maximum atomic E-state index is 12.6. The van der Waals surface area contributed by atoms with E-state index in [1.54, 1.807) is 13.0 Å². The van der Waals surface area contributed by atoms with Crippen LogP contribution in [0.25, 0.3) is 0 Å². The highest BCUT2D eigenvalue weighted by Gasteiger charge is 2.24. The van der Waals surface area contributed by atoms with E-state index in [2.05, 4.69) is 30.6 Å². The van der Waals surface area contributed by atoms with Gasteiger partial charge in [-0.2, -0.15) is 0 Å². The Hall–Kier alpha value is -1.82. The maximum Gasteiger partial charge on any atom is 0.263 e. The van der Waals surface area contributed by atoms with Crippen molar-refractivity contribution >= 4 is 15.8 Å². The normalized spacial score (nSPS) is 12.5. The van der Waals surface area contributed by atoms with Gasteiger partial charge in [-0.3, -0.25) is 4.72 Å². The third-order valence-corrected chi connectivity index (χ3v) is 5.12. The molecule has 5 nitrogen and oxygen atoms in total. The molecule has 0 atom stereocenters. The monoisotopic (exact) mass is 322 g/mol. The lowest BCUT2D eigenvalue weighted by molar-refractivity contribution is 0.400. The summed E-state index contributed by atoms with van der Waals surface area (Å²) in [5, 5.41) is 3.68. The topological polar surface area (TPSA) is 72.2 Å². The van der Waals surface area contributed by atoms with Gasteiger partial charge in [0.2, 0.25) is 0 Å². The molecule has 0 aliphatic heterocycles. The molecule has 0 fully saturated rings. The molecule has 6 heteroatoms. The van der Waals surface area contributed by atoms with E-state index in [0.29, 0.717) is 10.7 Å². The van der Waals surface area contributed by atoms with Crippen molar-refractivity contribution in [3.63, 3.8) is 0 Å². The second kappa shape index (κ2) is 5.43. The lowest BCUT2D eigenvalue weighted by Gasteiger charge is -2.22. The van der Waals surface area contributed by atoms with E-state index >= 15 is 0 Å². The first kappa shape index (κ1) is 16.5. The number of nitrogens with one attached hydrogen (secondary N) is 1. The summed E-state index contributed by atoms with van der Waals surface area (Å²) in [5.41, 5.74) is 2.52. The van der Waals surface area contributed by atoms with Crippen molar-refractivity contribution in [3.8, 4) is 0 Å². The summed E-state index contributed by atoms with van der Waals surface area (Å²) in [7, 11) is -3.70. The van der Waals surface area contributed by atoms with Gasteiger partial charge >= 0.3 is 0 Å². The lowest BCUT2D eigenvalue weighted by Crippen LogP contribution is -2.18. The molecule has 1 aromatic heterocycles. The minimum atomic E-state index is -3.70. The highest BCUT2D eigenvalue weighted by molar-refractivity contribution is 7.92. The zero-order valence-corrected chi connectivity index (χ0v) is 14.6. The van der Waals surface area contributed by atoms with Crippen LogP contribution in [0.1, 0.15) is 43.2 Å². The fraction of sp³-hybridized carbons (Fsp3) is 0.438. The Morgan fingerprint density at radius 2 is 1.59 bits per heavy atom. The van der Waals surface area contributed by atoms with E-state index in [1.807, 2.05) is 26.0 Å². The van der Waals surface area contributed by atoms with Crippen LogP contribution in [0.15, 0.2) is 27.6 Å². The Bertz CT molecular complexity index is 776. The highest BCUT2D eigenvalue weighted by atomic mass is 32.2. The average Bonchev–Trinajstić information content (AvgIpc) is 2.71. The Kier molecular flexibility index (Phi) is 4.08. The molecule has 0 amide bonds. The smallest absolute Gasteiger partial charge is 0.263 e. The van der Waals surface area contributed by atoms with Crippen LogP contribution in [0, 0.1) is 20.8 Å². The maximum absolute atomic E-state index is 12.6. The van der Waals surface area contributed by atoms with Crippen molar-refractivity contribution in [1.82, 2.24) is 5.16 Å². The van der Waals surface area contributed by atoms with Crippen molar-refractivity contribution in [2.24, 2.45) is 0 Å². The molecule has 0 unspecified atom stereocenters. The van der Waals surface area contributed by atoms with E-state index in [9.17, 15) is 8.42 Å². The minimum absolute atomic E-state index is 0.0333. The minimum Gasteiger partial charge on any atom is -0.360 e. The average molecular weight is 322 g/mol. The van der Waals surface area contributed by atoms with Gasteiger partial charge in [0.15, 0.2) is 5.82 Å². The fourth-order valence-electron chi connectivity index (χ4n) is 2.41. The summed E-state index contributed by atoms with van der Waals surface area (Å²) in [5.74, 6) is 0.741. The predicted molar refractivity (Wildman–Crippen MR) is 86.7 cm³/mol. The standard InChI is InChI=1S/C16H22N2O3S/c1-10-7-13(16(4,5)6)8-11(2)15(10)22(19,20)18-14-9-12(3)21-17-14/h7-9H,1-6H3,(H,17,18). The number of anilines is 1. The number of nitrogens with zero attached hydrogens (tertiary/aromatic N) is 1. The molecule has 0 spiro atoms. The van der Waals surface area contributed by atoms with Gasteiger partial charge in [-0.15, -0.1) is 0 Å². The SMILES string of the molecule is Cc1cc(NS(=O)(=O)c2c(C)cc(C(C)(C)C)cc2C)no1. The zero-order chi connectivity index (χ0) is 16.7. The van der Waals surface area contributed by atoms with E-state index in [0.717, 1.165) is 16.7 Å². The van der Waals surface area contributed by atoms with Crippen molar-refractivity contribution in [1.29, 1.82) is 0 Å². The van der Waals surface area contributed by atoms with Gasteiger partial charge in [-0.1, -0.05) is 38.1 Å². The number of hydrogen-bond donors (Lipinski definition) is 1. The van der Waals surface area contributed by atoms with Crippen molar-refractivity contribution < 1.29 is 12.9 Å². The van der Waals surface area contributed by atoms with Gasteiger partial charge < -0.3 is 4.52 Å². The molecule has 1 aromatic carbocycles. The quantitative estimate of drug-likeness (QED) is 0.935. The van der Waals surface area contributed by atoms with Crippen LogP contribution in [0.5, 0.6) is 0 Å². The molecule has 2 rings (SSSR count). The molecule has 1 heterocycles. The fourth-order valence-corrected chi connectivity index (χ4v) is 3.85. The molecular formula is C16H22N2O3S. The van der Waals surface area contributed by atoms with Gasteiger partial charge in [-0.05, 0) is 42.9 Å². The van der Waals surface area contributed by atoms with Gasteiger partial charge in [0.25, 0.3) is 10.0 Å². The van der Waals surface area contributed by atoms with E-state index in [1.165, 1.54) is 0 Å². The van der Waals surface area contributed by atoms with E-state index < -0.39 is 10.0 Å². The first-order chi connectivity index (χ1) is 10.0. The third kappa shape index (κ3) is 3.32. The Morgan fingerprint density at radius 3 is 2.00 bits per heavy atom.